The van der Waals surface area contributed by atoms with Crippen LogP contribution in [0.5, 0.6) is 5.75 Å². The first kappa shape index (κ1) is 13.7. The molecule has 1 saturated carbocycles. The lowest BCUT2D eigenvalue weighted by Gasteiger charge is -2.25. The van der Waals surface area contributed by atoms with Gasteiger partial charge in [-0.3, -0.25) is 4.79 Å². The van der Waals surface area contributed by atoms with Gasteiger partial charge in [-0.15, -0.1) is 0 Å². The molecule has 1 aromatic rings. The fraction of sp³-hybridized carbons (Fsp3) is 0.438. The van der Waals surface area contributed by atoms with Gasteiger partial charge >= 0.3 is 0 Å². The summed E-state index contributed by atoms with van der Waals surface area (Å²) in [5.41, 5.74) is 0.709. The zero-order valence-corrected chi connectivity index (χ0v) is 11.6. The molecule has 0 N–H and O–H groups in total. The van der Waals surface area contributed by atoms with Crippen molar-refractivity contribution >= 4 is 5.91 Å². The average Bonchev–Trinajstić information content (AvgIpc) is 3.28. The molecule has 1 aromatic carbocycles. The van der Waals surface area contributed by atoms with Crippen LogP contribution in [0.15, 0.2) is 36.9 Å². The second-order valence-corrected chi connectivity index (χ2v) is 5.12. The molecule has 0 saturated heterocycles. The number of carbonyl (C=O) groups is 1. The van der Waals surface area contributed by atoms with Crippen molar-refractivity contribution in [3.63, 3.8) is 0 Å². The number of benzene rings is 1. The number of hydrogen-bond acceptors (Lipinski definition) is 2. The number of nitrogens with zero attached hydrogens (tertiary/aromatic N) is 1. The smallest absolute Gasteiger partial charge is 0.253 e. The van der Waals surface area contributed by atoms with Gasteiger partial charge in [-0.25, -0.2) is 0 Å². The predicted octanol–water partition coefficient (Wildman–Crippen LogP) is 3.12. The van der Waals surface area contributed by atoms with Crippen LogP contribution in [0.25, 0.3) is 0 Å². The van der Waals surface area contributed by atoms with Crippen LogP contribution in [0, 0.1) is 5.92 Å². The van der Waals surface area contributed by atoms with Crippen LogP contribution >= 0.6 is 0 Å². The first-order valence-corrected chi connectivity index (χ1v) is 6.74. The Kier molecular flexibility index (Phi) is 4.25. The quantitative estimate of drug-likeness (QED) is 0.735. The number of carbonyl (C=O) groups excluding carboxylic acids is 1. The van der Waals surface area contributed by atoms with Gasteiger partial charge in [-0.2, -0.15) is 0 Å². The molecule has 0 aliphatic heterocycles. The van der Waals surface area contributed by atoms with Gasteiger partial charge in [0.05, 0.1) is 0 Å². The van der Waals surface area contributed by atoms with Crippen LogP contribution in [0.1, 0.15) is 30.1 Å². The Balaban J connectivity index is 2.00. The van der Waals surface area contributed by atoms with Crippen molar-refractivity contribution in [2.75, 3.05) is 13.7 Å². The fourth-order valence-corrected chi connectivity index (χ4v) is 2.13. The highest BCUT2D eigenvalue weighted by molar-refractivity contribution is 5.94. The predicted molar refractivity (Wildman–Crippen MR) is 76.4 cm³/mol. The third-order valence-corrected chi connectivity index (χ3v) is 3.70. The maximum atomic E-state index is 12.3. The van der Waals surface area contributed by atoms with E-state index in [1.807, 2.05) is 36.2 Å². The Hall–Kier alpha value is -1.77. The second-order valence-electron chi connectivity index (χ2n) is 5.12. The Bertz CT molecular complexity index is 448. The number of ether oxygens (including phenoxy) is 1. The van der Waals surface area contributed by atoms with Gasteiger partial charge in [0.25, 0.3) is 5.91 Å². The normalized spacial score (nSPS) is 15.7. The summed E-state index contributed by atoms with van der Waals surface area (Å²) < 4.78 is 5.40. The van der Waals surface area contributed by atoms with Crippen LogP contribution in [-0.4, -0.2) is 30.5 Å². The molecule has 0 bridgehead atoms. The van der Waals surface area contributed by atoms with Crippen LogP contribution in [0.2, 0.25) is 0 Å². The van der Waals surface area contributed by atoms with Gasteiger partial charge in [0, 0.05) is 18.7 Å². The molecule has 3 nitrogen and oxygen atoms in total. The van der Waals surface area contributed by atoms with E-state index < -0.39 is 0 Å². The topological polar surface area (TPSA) is 29.5 Å². The lowest BCUT2D eigenvalue weighted by molar-refractivity contribution is 0.0727. The standard InChI is InChI=1S/C16H21NO2/c1-4-11-19-15-9-7-14(8-10-15)16(18)17(3)12(2)13-5-6-13/h4,7-10,12-13H,1,5-6,11H2,2-3H3. The summed E-state index contributed by atoms with van der Waals surface area (Å²) in [5, 5.41) is 0. The Labute approximate surface area is 114 Å². The van der Waals surface area contributed by atoms with Crippen LogP contribution in [0.4, 0.5) is 0 Å². The highest BCUT2D eigenvalue weighted by atomic mass is 16.5. The zero-order chi connectivity index (χ0) is 13.8. The number of amides is 1. The van der Waals surface area contributed by atoms with Crippen molar-refractivity contribution in [2.45, 2.75) is 25.8 Å². The molecule has 2 rings (SSSR count). The van der Waals surface area contributed by atoms with Gasteiger partial charge in [0.2, 0.25) is 0 Å². The molecule has 0 aromatic heterocycles. The molecule has 0 heterocycles. The lowest BCUT2D eigenvalue weighted by atomic mass is 10.1. The molecule has 19 heavy (non-hydrogen) atoms. The number of hydrogen-bond donors (Lipinski definition) is 0. The molecular weight excluding hydrogens is 238 g/mol. The Morgan fingerprint density at radius 1 is 1.47 bits per heavy atom. The second kappa shape index (κ2) is 5.91. The van der Waals surface area contributed by atoms with Crippen LogP contribution in [0.3, 0.4) is 0 Å². The van der Waals surface area contributed by atoms with Crippen LogP contribution < -0.4 is 4.74 Å². The molecular formula is C16H21NO2. The third kappa shape index (κ3) is 3.37. The van der Waals surface area contributed by atoms with Crippen molar-refractivity contribution in [1.82, 2.24) is 4.90 Å². The van der Waals surface area contributed by atoms with E-state index in [2.05, 4.69) is 13.5 Å². The van der Waals surface area contributed by atoms with Gasteiger partial charge < -0.3 is 9.64 Å². The fourth-order valence-electron chi connectivity index (χ4n) is 2.13. The Morgan fingerprint density at radius 3 is 2.63 bits per heavy atom. The summed E-state index contributed by atoms with van der Waals surface area (Å²) in [4.78, 5) is 14.2. The third-order valence-electron chi connectivity index (χ3n) is 3.70. The lowest BCUT2D eigenvalue weighted by Crippen LogP contribution is -2.36. The van der Waals surface area contributed by atoms with E-state index in [-0.39, 0.29) is 5.91 Å². The highest BCUT2D eigenvalue weighted by Crippen LogP contribution is 2.35. The van der Waals surface area contributed by atoms with Gasteiger partial charge in [-0.05, 0) is 49.9 Å². The maximum Gasteiger partial charge on any atom is 0.253 e. The van der Waals surface area contributed by atoms with Crippen molar-refractivity contribution in [2.24, 2.45) is 5.92 Å². The Morgan fingerprint density at radius 2 is 2.11 bits per heavy atom. The zero-order valence-electron chi connectivity index (χ0n) is 11.6. The molecule has 1 aliphatic rings. The molecule has 102 valence electrons. The molecule has 0 radical (unpaired) electrons. The maximum absolute atomic E-state index is 12.3. The molecule has 1 aliphatic carbocycles. The van der Waals surface area contributed by atoms with E-state index in [1.54, 1.807) is 6.08 Å². The van der Waals surface area contributed by atoms with Gasteiger partial charge in [-0.1, -0.05) is 12.7 Å². The largest absolute Gasteiger partial charge is 0.490 e. The highest BCUT2D eigenvalue weighted by Gasteiger charge is 2.32. The summed E-state index contributed by atoms with van der Waals surface area (Å²) in [7, 11) is 1.88. The summed E-state index contributed by atoms with van der Waals surface area (Å²) in [6.45, 7) is 6.20. The molecule has 1 unspecified atom stereocenters. The first-order chi connectivity index (χ1) is 9.13. The molecule has 1 fully saturated rings. The van der Waals surface area contributed by atoms with Crippen LogP contribution in [-0.2, 0) is 0 Å². The van der Waals surface area contributed by atoms with Crippen molar-refractivity contribution in [3.05, 3.63) is 42.5 Å². The minimum absolute atomic E-state index is 0.0784. The summed E-state index contributed by atoms with van der Waals surface area (Å²) >= 11 is 0. The minimum atomic E-state index is 0.0784. The number of rotatable bonds is 6. The van der Waals surface area contributed by atoms with E-state index in [1.165, 1.54) is 12.8 Å². The molecule has 3 heteroatoms. The van der Waals surface area contributed by atoms with E-state index in [4.69, 9.17) is 4.74 Å². The average molecular weight is 259 g/mol. The van der Waals surface area contributed by atoms with Crippen molar-refractivity contribution in [1.29, 1.82) is 0 Å². The molecule has 1 amide bonds. The summed E-state index contributed by atoms with van der Waals surface area (Å²) in [5.74, 6) is 1.52. The molecule has 0 spiro atoms. The minimum Gasteiger partial charge on any atom is -0.490 e. The first-order valence-electron chi connectivity index (χ1n) is 6.74. The van der Waals surface area contributed by atoms with E-state index in [9.17, 15) is 4.79 Å². The monoisotopic (exact) mass is 259 g/mol. The van der Waals surface area contributed by atoms with E-state index in [0.717, 1.165) is 5.75 Å². The summed E-state index contributed by atoms with van der Waals surface area (Å²) in [6.07, 6.45) is 4.18. The van der Waals surface area contributed by atoms with E-state index >= 15 is 0 Å². The SMILES string of the molecule is C=CCOc1ccc(C(=O)N(C)C(C)C2CC2)cc1. The van der Waals surface area contributed by atoms with Gasteiger partial charge in [0.15, 0.2) is 0 Å². The van der Waals surface area contributed by atoms with E-state index in [0.29, 0.717) is 24.1 Å². The van der Waals surface area contributed by atoms with Gasteiger partial charge in [0.1, 0.15) is 12.4 Å². The molecule has 1 atom stereocenters. The van der Waals surface area contributed by atoms with Crippen molar-refractivity contribution in [3.8, 4) is 5.75 Å². The van der Waals surface area contributed by atoms with Crippen molar-refractivity contribution < 1.29 is 9.53 Å². The summed E-state index contributed by atoms with van der Waals surface area (Å²) in [6, 6.07) is 7.61.